The lowest BCUT2D eigenvalue weighted by molar-refractivity contribution is -0.123. The van der Waals surface area contributed by atoms with Crippen molar-refractivity contribution in [3.63, 3.8) is 0 Å². The molecule has 2 heterocycles. The predicted octanol–water partition coefficient (Wildman–Crippen LogP) is 2.13. The van der Waals surface area contributed by atoms with Crippen LogP contribution in [0.3, 0.4) is 0 Å². The fourth-order valence-corrected chi connectivity index (χ4v) is 3.11. The minimum Gasteiger partial charge on any atom is -0.352 e. The summed E-state index contributed by atoms with van der Waals surface area (Å²) in [7, 11) is 0. The van der Waals surface area contributed by atoms with Crippen LogP contribution in [0.25, 0.3) is 0 Å². The Hall–Kier alpha value is -2.56. The minimum absolute atomic E-state index is 0.0207. The molecule has 1 aliphatic rings. The maximum atomic E-state index is 12.6. The number of nitrogens with zero attached hydrogens (tertiary/aromatic N) is 1. The van der Waals surface area contributed by atoms with Gasteiger partial charge in [-0.3, -0.25) is 9.59 Å². The van der Waals surface area contributed by atoms with Gasteiger partial charge in [0.15, 0.2) is 0 Å². The summed E-state index contributed by atoms with van der Waals surface area (Å²) in [6, 6.07) is 13.9. The molecule has 2 unspecified atom stereocenters. The third-order valence-electron chi connectivity index (χ3n) is 4.54. The van der Waals surface area contributed by atoms with E-state index in [4.69, 9.17) is 0 Å². The van der Waals surface area contributed by atoms with Gasteiger partial charge in [0.2, 0.25) is 5.91 Å². The third-order valence-corrected chi connectivity index (χ3v) is 4.54. The van der Waals surface area contributed by atoms with Crippen LogP contribution in [0.1, 0.15) is 35.8 Å². The second kappa shape index (κ2) is 7.34. The first kappa shape index (κ1) is 16.3. The first-order valence-electron chi connectivity index (χ1n) is 8.43. The van der Waals surface area contributed by atoms with Crippen LogP contribution >= 0.6 is 0 Å². The van der Waals surface area contributed by atoms with Crippen molar-refractivity contribution in [1.82, 2.24) is 15.2 Å². The van der Waals surface area contributed by atoms with Gasteiger partial charge in [0.1, 0.15) is 5.69 Å². The van der Waals surface area contributed by atoms with Gasteiger partial charge in [-0.1, -0.05) is 30.3 Å². The number of nitrogens with one attached hydrogen (secondary N) is 2. The largest absolute Gasteiger partial charge is 0.352 e. The summed E-state index contributed by atoms with van der Waals surface area (Å²) < 4.78 is 1.98. The molecule has 2 amide bonds. The zero-order chi connectivity index (χ0) is 16.9. The number of carbonyl (C=O) groups excluding carboxylic acids is 2. The summed E-state index contributed by atoms with van der Waals surface area (Å²) in [5.74, 6) is -0.0275. The van der Waals surface area contributed by atoms with E-state index in [0.717, 1.165) is 13.0 Å². The smallest absolute Gasteiger partial charge is 0.268 e. The van der Waals surface area contributed by atoms with Crippen LogP contribution in [0.2, 0.25) is 0 Å². The van der Waals surface area contributed by atoms with Crippen molar-refractivity contribution in [2.24, 2.45) is 0 Å². The van der Waals surface area contributed by atoms with Crippen molar-refractivity contribution in [2.75, 3.05) is 0 Å². The molecule has 0 radical (unpaired) electrons. The van der Waals surface area contributed by atoms with Gasteiger partial charge in [-0.15, -0.1) is 0 Å². The molecule has 1 fully saturated rings. The highest BCUT2D eigenvalue weighted by Crippen LogP contribution is 2.12. The quantitative estimate of drug-likeness (QED) is 0.884. The lowest BCUT2D eigenvalue weighted by Gasteiger charge is -2.30. The fraction of sp³-hybridized carbons (Fsp3) is 0.368. The Kier molecular flexibility index (Phi) is 4.99. The number of aryl methyl sites for hydroxylation is 2. The van der Waals surface area contributed by atoms with E-state index in [9.17, 15) is 9.59 Å². The Morgan fingerprint density at radius 3 is 2.79 bits per heavy atom. The molecule has 5 nitrogen and oxygen atoms in total. The molecule has 2 atom stereocenters. The lowest BCUT2D eigenvalue weighted by atomic mass is 9.99. The highest BCUT2D eigenvalue weighted by molar-refractivity contribution is 5.93. The van der Waals surface area contributed by atoms with E-state index < -0.39 is 0 Å². The maximum absolute atomic E-state index is 12.6. The molecule has 1 aromatic carbocycles. The van der Waals surface area contributed by atoms with Crippen LogP contribution in [-0.4, -0.2) is 28.5 Å². The van der Waals surface area contributed by atoms with Gasteiger partial charge in [0.25, 0.3) is 5.91 Å². The number of aromatic nitrogens is 1. The van der Waals surface area contributed by atoms with Gasteiger partial charge in [-0.2, -0.15) is 0 Å². The number of amides is 2. The second-order valence-corrected chi connectivity index (χ2v) is 6.30. The van der Waals surface area contributed by atoms with Crippen LogP contribution in [0, 0.1) is 0 Å². The summed E-state index contributed by atoms with van der Waals surface area (Å²) in [6.07, 6.45) is 3.96. The number of rotatable bonds is 5. The first-order valence-corrected chi connectivity index (χ1v) is 8.43. The van der Waals surface area contributed by atoms with Crippen LogP contribution in [0.15, 0.2) is 48.7 Å². The van der Waals surface area contributed by atoms with Crippen molar-refractivity contribution in [1.29, 1.82) is 0 Å². The van der Waals surface area contributed by atoms with Gasteiger partial charge in [-0.05, 0) is 37.5 Å². The Labute approximate surface area is 142 Å². The van der Waals surface area contributed by atoms with Gasteiger partial charge in [0.05, 0.1) is 0 Å². The Balaban J connectivity index is 1.61. The molecule has 3 rings (SSSR count). The molecule has 0 saturated carbocycles. The average molecular weight is 325 g/mol. The van der Waals surface area contributed by atoms with E-state index in [2.05, 4.69) is 22.8 Å². The molecule has 0 bridgehead atoms. The highest BCUT2D eigenvalue weighted by Gasteiger charge is 2.27. The molecule has 1 aliphatic heterocycles. The number of carbonyl (C=O) groups is 2. The average Bonchev–Trinajstić information content (AvgIpc) is 3.05. The molecule has 126 valence electrons. The Morgan fingerprint density at radius 2 is 2.04 bits per heavy atom. The van der Waals surface area contributed by atoms with Crippen molar-refractivity contribution < 1.29 is 9.59 Å². The standard InChI is InChI=1S/C19H23N3O2/c1-14-16(9-10-18(23)20-14)21-19(24)17-8-5-12-22(17)13-11-15-6-3-2-4-7-15/h2-8,12,14,16H,9-11,13H2,1H3,(H,20,23)(H,21,24). The van der Waals surface area contributed by atoms with E-state index in [1.807, 2.05) is 48.0 Å². The monoisotopic (exact) mass is 325 g/mol. The fourth-order valence-electron chi connectivity index (χ4n) is 3.11. The Morgan fingerprint density at radius 1 is 1.25 bits per heavy atom. The van der Waals surface area contributed by atoms with Crippen LogP contribution in [0.5, 0.6) is 0 Å². The lowest BCUT2D eigenvalue weighted by Crippen LogP contribution is -2.54. The highest BCUT2D eigenvalue weighted by atomic mass is 16.2. The van der Waals surface area contributed by atoms with Gasteiger partial charge < -0.3 is 15.2 Å². The topological polar surface area (TPSA) is 63.1 Å². The normalized spacial score (nSPS) is 20.5. The van der Waals surface area contributed by atoms with Crippen LogP contribution in [-0.2, 0) is 17.8 Å². The van der Waals surface area contributed by atoms with Crippen LogP contribution < -0.4 is 10.6 Å². The minimum atomic E-state index is -0.0824. The number of piperidine rings is 1. The van der Waals surface area contributed by atoms with Crippen molar-refractivity contribution in [3.05, 3.63) is 59.9 Å². The van der Waals surface area contributed by atoms with Gasteiger partial charge in [-0.25, -0.2) is 0 Å². The summed E-state index contributed by atoms with van der Waals surface area (Å²) in [6.45, 7) is 2.69. The maximum Gasteiger partial charge on any atom is 0.268 e. The molecule has 2 aromatic rings. The zero-order valence-electron chi connectivity index (χ0n) is 13.9. The van der Waals surface area contributed by atoms with Gasteiger partial charge in [0, 0.05) is 31.2 Å². The summed E-state index contributed by atoms with van der Waals surface area (Å²) in [4.78, 5) is 24.0. The Bertz CT molecular complexity index is 708. The molecule has 2 N–H and O–H groups in total. The van der Waals surface area contributed by atoms with E-state index >= 15 is 0 Å². The number of hydrogen-bond acceptors (Lipinski definition) is 2. The summed E-state index contributed by atoms with van der Waals surface area (Å²) >= 11 is 0. The van der Waals surface area contributed by atoms with Gasteiger partial charge >= 0.3 is 0 Å². The second-order valence-electron chi connectivity index (χ2n) is 6.30. The summed E-state index contributed by atoms with van der Waals surface area (Å²) in [5.41, 5.74) is 1.91. The SMILES string of the molecule is CC1NC(=O)CCC1NC(=O)c1cccn1CCc1ccccc1. The van der Waals surface area contributed by atoms with Crippen molar-refractivity contribution in [2.45, 2.75) is 44.8 Å². The van der Waals surface area contributed by atoms with Crippen molar-refractivity contribution in [3.8, 4) is 0 Å². The molecular formula is C19H23N3O2. The summed E-state index contributed by atoms with van der Waals surface area (Å²) in [5, 5.41) is 5.94. The molecule has 1 saturated heterocycles. The van der Waals surface area contributed by atoms with Crippen LogP contribution in [0.4, 0.5) is 0 Å². The molecule has 5 heteroatoms. The molecular weight excluding hydrogens is 302 g/mol. The van der Waals surface area contributed by atoms with E-state index in [1.54, 1.807) is 0 Å². The first-order chi connectivity index (χ1) is 11.6. The number of hydrogen-bond donors (Lipinski definition) is 2. The molecule has 24 heavy (non-hydrogen) atoms. The molecule has 0 aliphatic carbocycles. The molecule has 0 spiro atoms. The predicted molar refractivity (Wildman–Crippen MR) is 92.7 cm³/mol. The van der Waals surface area contributed by atoms with E-state index in [1.165, 1.54) is 5.56 Å². The number of benzene rings is 1. The third kappa shape index (κ3) is 3.85. The van der Waals surface area contributed by atoms with E-state index in [0.29, 0.717) is 18.5 Å². The zero-order valence-corrected chi connectivity index (χ0v) is 13.9. The van der Waals surface area contributed by atoms with Crippen molar-refractivity contribution >= 4 is 11.8 Å². The molecule has 1 aromatic heterocycles. The van der Waals surface area contributed by atoms with E-state index in [-0.39, 0.29) is 23.9 Å².